The fraction of sp³-hybridized carbons (Fsp3) is 0.250. The predicted molar refractivity (Wildman–Crippen MR) is 126 cm³/mol. The molecule has 33 heavy (non-hydrogen) atoms. The number of benzene rings is 3. The predicted octanol–water partition coefficient (Wildman–Crippen LogP) is 4.59. The minimum absolute atomic E-state index is 0.0343. The van der Waals surface area contributed by atoms with E-state index in [1.165, 1.54) is 28.6 Å². The average Bonchev–Trinajstić information content (AvgIpc) is 2.80. The standard InChI is InChI=1S/C24H27NO6S2/c1-3-17-25(18-19-30-33(28,29)24-13-9-20(2)10-14-24)32(26,27)23-15-11-22(12-16-23)31-21-7-5-4-6-8-21/h4-16H,3,17-19H2,1-2H3. The highest BCUT2D eigenvalue weighted by Gasteiger charge is 2.25. The molecule has 0 radical (unpaired) electrons. The summed E-state index contributed by atoms with van der Waals surface area (Å²) in [4.78, 5) is 0.129. The van der Waals surface area contributed by atoms with Crippen LogP contribution in [0.4, 0.5) is 0 Å². The van der Waals surface area contributed by atoms with Crippen LogP contribution in [0.2, 0.25) is 0 Å². The maximum atomic E-state index is 13.1. The summed E-state index contributed by atoms with van der Waals surface area (Å²) in [5.41, 5.74) is 0.925. The smallest absolute Gasteiger partial charge is 0.297 e. The van der Waals surface area contributed by atoms with Gasteiger partial charge in [-0.25, -0.2) is 8.42 Å². The van der Waals surface area contributed by atoms with Gasteiger partial charge in [-0.15, -0.1) is 0 Å². The van der Waals surface area contributed by atoms with Crippen molar-refractivity contribution < 1.29 is 25.8 Å². The number of rotatable bonds is 11. The third kappa shape index (κ3) is 6.64. The van der Waals surface area contributed by atoms with E-state index in [1.807, 2.05) is 32.0 Å². The van der Waals surface area contributed by atoms with Crippen LogP contribution in [0.5, 0.6) is 11.5 Å². The Bertz CT molecular complexity index is 1240. The third-order valence-electron chi connectivity index (χ3n) is 4.80. The van der Waals surface area contributed by atoms with Crippen molar-refractivity contribution in [1.82, 2.24) is 4.31 Å². The third-order valence-corrected chi connectivity index (χ3v) is 8.04. The summed E-state index contributed by atoms with van der Waals surface area (Å²) in [5.74, 6) is 1.15. The first kappa shape index (κ1) is 24.9. The van der Waals surface area contributed by atoms with Crippen LogP contribution in [0.25, 0.3) is 0 Å². The molecule has 176 valence electrons. The SMILES string of the molecule is CCCN(CCOS(=O)(=O)c1ccc(C)cc1)S(=O)(=O)c1ccc(Oc2ccccc2)cc1. The van der Waals surface area contributed by atoms with Gasteiger partial charge in [-0.05, 0) is 61.9 Å². The van der Waals surface area contributed by atoms with Crippen molar-refractivity contribution in [1.29, 1.82) is 0 Å². The zero-order chi connectivity index (χ0) is 23.9. The molecule has 0 aliphatic carbocycles. The quantitative estimate of drug-likeness (QED) is 0.366. The lowest BCUT2D eigenvalue weighted by atomic mass is 10.2. The summed E-state index contributed by atoms with van der Waals surface area (Å²) in [5, 5.41) is 0. The van der Waals surface area contributed by atoms with Gasteiger partial charge in [-0.2, -0.15) is 12.7 Å². The molecule has 7 nitrogen and oxygen atoms in total. The van der Waals surface area contributed by atoms with E-state index >= 15 is 0 Å². The Morgan fingerprint density at radius 2 is 1.30 bits per heavy atom. The maximum absolute atomic E-state index is 13.1. The van der Waals surface area contributed by atoms with Gasteiger partial charge in [0.1, 0.15) is 11.5 Å². The van der Waals surface area contributed by atoms with Crippen molar-refractivity contribution in [2.24, 2.45) is 0 Å². The van der Waals surface area contributed by atoms with Crippen molar-refractivity contribution in [2.45, 2.75) is 30.1 Å². The summed E-state index contributed by atoms with van der Waals surface area (Å²) in [7, 11) is -7.81. The number of ether oxygens (including phenoxy) is 1. The number of para-hydroxylation sites is 1. The van der Waals surface area contributed by atoms with Gasteiger partial charge in [0.2, 0.25) is 10.0 Å². The zero-order valence-electron chi connectivity index (χ0n) is 18.5. The van der Waals surface area contributed by atoms with Crippen LogP contribution in [0.3, 0.4) is 0 Å². The van der Waals surface area contributed by atoms with Crippen molar-refractivity contribution in [3.63, 3.8) is 0 Å². The van der Waals surface area contributed by atoms with Crippen LogP contribution in [0, 0.1) is 6.92 Å². The van der Waals surface area contributed by atoms with Gasteiger partial charge in [0.15, 0.2) is 0 Å². The maximum Gasteiger partial charge on any atom is 0.297 e. The van der Waals surface area contributed by atoms with Crippen LogP contribution in [0.1, 0.15) is 18.9 Å². The molecule has 3 rings (SSSR count). The normalized spacial score (nSPS) is 12.1. The molecule has 0 unspecified atom stereocenters. The van der Waals surface area contributed by atoms with Gasteiger partial charge in [0.25, 0.3) is 10.1 Å². The molecule has 0 atom stereocenters. The zero-order valence-corrected chi connectivity index (χ0v) is 20.2. The lowest BCUT2D eigenvalue weighted by Crippen LogP contribution is -2.35. The second-order valence-electron chi connectivity index (χ2n) is 7.38. The lowest BCUT2D eigenvalue weighted by Gasteiger charge is -2.21. The first-order chi connectivity index (χ1) is 15.7. The van der Waals surface area contributed by atoms with E-state index < -0.39 is 20.1 Å². The number of hydrogen-bond donors (Lipinski definition) is 0. The Morgan fingerprint density at radius 1 is 0.727 bits per heavy atom. The number of hydrogen-bond acceptors (Lipinski definition) is 6. The van der Waals surface area contributed by atoms with Gasteiger partial charge in [0.05, 0.1) is 16.4 Å². The number of nitrogens with zero attached hydrogens (tertiary/aromatic N) is 1. The molecule has 0 aromatic heterocycles. The molecule has 0 saturated carbocycles. The van der Waals surface area contributed by atoms with E-state index in [-0.39, 0.29) is 29.5 Å². The summed E-state index contributed by atoms with van der Waals surface area (Å²) < 4.78 is 63.1. The summed E-state index contributed by atoms with van der Waals surface area (Å²) in [6.45, 7) is 3.56. The molecule has 9 heteroatoms. The Labute approximate surface area is 195 Å². The van der Waals surface area contributed by atoms with Gasteiger partial charge >= 0.3 is 0 Å². The van der Waals surface area contributed by atoms with Gasteiger partial charge in [-0.3, -0.25) is 4.18 Å². The summed E-state index contributed by atoms with van der Waals surface area (Å²) >= 11 is 0. The Kier molecular flexibility index (Phi) is 8.25. The van der Waals surface area contributed by atoms with Crippen LogP contribution in [-0.2, 0) is 24.3 Å². The van der Waals surface area contributed by atoms with Gasteiger partial charge in [-0.1, -0.05) is 42.8 Å². The molecule has 0 N–H and O–H groups in total. The molecule has 0 aliphatic heterocycles. The fourth-order valence-electron chi connectivity index (χ4n) is 3.08. The topological polar surface area (TPSA) is 90.0 Å². The fourth-order valence-corrected chi connectivity index (χ4v) is 5.49. The first-order valence-electron chi connectivity index (χ1n) is 10.5. The van der Waals surface area contributed by atoms with Gasteiger partial charge < -0.3 is 4.74 Å². The van der Waals surface area contributed by atoms with Crippen molar-refractivity contribution in [3.05, 3.63) is 84.4 Å². The monoisotopic (exact) mass is 489 g/mol. The van der Waals surface area contributed by atoms with Crippen molar-refractivity contribution in [2.75, 3.05) is 19.7 Å². The molecule has 0 aliphatic rings. The summed E-state index contributed by atoms with van der Waals surface area (Å²) in [6, 6.07) is 21.6. The number of sulfonamides is 1. The Hall–Kier alpha value is -2.72. The van der Waals surface area contributed by atoms with E-state index in [1.54, 1.807) is 36.4 Å². The first-order valence-corrected chi connectivity index (χ1v) is 13.4. The molecule has 3 aromatic rings. The molecule has 0 fully saturated rings. The molecule has 0 bridgehead atoms. The molecule has 3 aromatic carbocycles. The van der Waals surface area contributed by atoms with Crippen molar-refractivity contribution in [3.8, 4) is 11.5 Å². The molecule has 0 amide bonds. The largest absolute Gasteiger partial charge is 0.457 e. The second-order valence-corrected chi connectivity index (χ2v) is 10.9. The highest BCUT2D eigenvalue weighted by atomic mass is 32.2. The summed E-state index contributed by atoms with van der Waals surface area (Å²) in [6.07, 6.45) is 0.569. The van der Waals surface area contributed by atoms with Crippen molar-refractivity contribution >= 4 is 20.1 Å². The van der Waals surface area contributed by atoms with Gasteiger partial charge in [0, 0.05) is 13.1 Å². The second kappa shape index (κ2) is 10.9. The highest BCUT2D eigenvalue weighted by molar-refractivity contribution is 7.89. The minimum atomic E-state index is -3.97. The van der Waals surface area contributed by atoms with Crippen LogP contribution >= 0.6 is 0 Å². The van der Waals surface area contributed by atoms with E-state index in [4.69, 9.17) is 8.92 Å². The molecule has 0 heterocycles. The number of aryl methyl sites for hydroxylation is 1. The molecule has 0 saturated heterocycles. The van der Waals surface area contributed by atoms with E-state index in [0.29, 0.717) is 17.9 Å². The van der Waals surface area contributed by atoms with Crippen LogP contribution < -0.4 is 4.74 Å². The average molecular weight is 490 g/mol. The van der Waals surface area contributed by atoms with E-state index in [9.17, 15) is 16.8 Å². The molecule has 0 spiro atoms. The van der Waals surface area contributed by atoms with Crippen LogP contribution in [0.15, 0.2) is 88.7 Å². The molecular weight excluding hydrogens is 462 g/mol. The minimum Gasteiger partial charge on any atom is -0.457 e. The lowest BCUT2D eigenvalue weighted by molar-refractivity contribution is 0.275. The van der Waals surface area contributed by atoms with E-state index in [2.05, 4.69) is 0 Å². The van der Waals surface area contributed by atoms with E-state index in [0.717, 1.165) is 5.56 Å². The Balaban J connectivity index is 1.67. The Morgan fingerprint density at radius 3 is 1.91 bits per heavy atom. The van der Waals surface area contributed by atoms with Crippen LogP contribution in [-0.4, -0.2) is 40.8 Å². The highest BCUT2D eigenvalue weighted by Crippen LogP contribution is 2.24. The molecular formula is C24H27NO6S2.